The first-order valence-electron chi connectivity index (χ1n) is 10.3. The van der Waals surface area contributed by atoms with E-state index in [1.165, 1.54) is 11.3 Å². The lowest BCUT2D eigenvalue weighted by Crippen LogP contribution is -2.31. The molecule has 3 aromatic rings. The number of aryl methyl sites for hydroxylation is 1. The molecule has 0 aliphatic carbocycles. The lowest BCUT2D eigenvalue weighted by atomic mass is 10.2. The van der Waals surface area contributed by atoms with Crippen LogP contribution in [0.5, 0.6) is 0 Å². The van der Waals surface area contributed by atoms with Gasteiger partial charge in [-0.3, -0.25) is 4.79 Å². The van der Waals surface area contributed by atoms with E-state index in [1.807, 2.05) is 17.5 Å². The minimum atomic E-state index is -3.50. The van der Waals surface area contributed by atoms with Crippen molar-refractivity contribution >= 4 is 33.0 Å². The van der Waals surface area contributed by atoms with Crippen LogP contribution in [-0.4, -0.2) is 41.9 Å². The molecule has 1 N–H and O–H groups in total. The van der Waals surface area contributed by atoms with Gasteiger partial charge in [0.05, 0.1) is 9.77 Å². The Morgan fingerprint density at radius 2 is 1.84 bits per heavy atom. The number of amides is 1. The van der Waals surface area contributed by atoms with Gasteiger partial charge in [-0.1, -0.05) is 24.1 Å². The second-order valence-corrected chi connectivity index (χ2v) is 10.3. The Bertz CT molecular complexity index is 1100. The average molecular weight is 461 g/mol. The molecule has 0 spiro atoms. The van der Waals surface area contributed by atoms with E-state index < -0.39 is 10.0 Å². The fraction of sp³-hybridized carbons (Fsp3) is 0.381. The van der Waals surface area contributed by atoms with Gasteiger partial charge in [0.2, 0.25) is 27.6 Å². The van der Waals surface area contributed by atoms with Gasteiger partial charge >= 0.3 is 0 Å². The predicted molar refractivity (Wildman–Crippen MR) is 118 cm³/mol. The second-order valence-electron chi connectivity index (χ2n) is 7.38. The standard InChI is InChI=1S/C21H24N4O4S2/c26-19(11-12-20-23-21(24-29-20)18-6-5-15-30-18)22-16-7-9-17(10-8-16)31(27,28)25-13-3-1-2-4-14-25/h5-10,15H,1-4,11-14H2,(H,22,26). The molecule has 164 valence electrons. The Kier molecular flexibility index (Phi) is 6.79. The third-order valence-corrected chi connectivity index (χ3v) is 7.90. The number of benzene rings is 1. The molecule has 0 unspecified atom stereocenters. The van der Waals surface area contributed by atoms with E-state index in [0.717, 1.165) is 30.6 Å². The Labute approximate surface area is 185 Å². The summed E-state index contributed by atoms with van der Waals surface area (Å²) in [6, 6.07) is 10.1. The highest BCUT2D eigenvalue weighted by molar-refractivity contribution is 7.89. The summed E-state index contributed by atoms with van der Waals surface area (Å²) in [7, 11) is -3.50. The molecule has 1 amide bonds. The maximum atomic E-state index is 12.8. The maximum absolute atomic E-state index is 12.8. The van der Waals surface area contributed by atoms with E-state index in [9.17, 15) is 13.2 Å². The number of nitrogens with one attached hydrogen (secondary N) is 1. The molecule has 0 bridgehead atoms. The summed E-state index contributed by atoms with van der Waals surface area (Å²) in [4.78, 5) is 17.7. The lowest BCUT2D eigenvalue weighted by Gasteiger charge is -2.20. The van der Waals surface area contributed by atoms with Gasteiger partial charge < -0.3 is 9.84 Å². The monoisotopic (exact) mass is 460 g/mol. The van der Waals surface area contributed by atoms with Gasteiger partial charge in [-0.05, 0) is 48.6 Å². The van der Waals surface area contributed by atoms with Gasteiger partial charge in [0.15, 0.2) is 0 Å². The number of carbonyl (C=O) groups is 1. The van der Waals surface area contributed by atoms with Crippen molar-refractivity contribution in [2.24, 2.45) is 0 Å². The van der Waals surface area contributed by atoms with Crippen LogP contribution >= 0.6 is 11.3 Å². The zero-order valence-electron chi connectivity index (χ0n) is 17.0. The maximum Gasteiger partial charge on any atom is 0.243 e. The first kappa shape index (κ1) is 21.7. The highest BCUT2D eigenvalue weighted by Crippen LogP contribution is 2.23. The summed E-state index contributed by atoms with van der Waals surface area (Å²) >= 11 is 1.52. The number of hydrogen-bond donors (Lipinski definition) is 1. The SMILES string of the molecule is O=C(CCc1nc(-c2cccs2)no1)Nc1ccc(S(=O)(=O)N2CCCCCC2)cc1. The van der Waals surface area contributed by atoms with E-state index in [2.05, 4.69) is 15.5 Å². The molecule has 1 aromatic carbocycles. The van der Waals surface area contributed by atoms with Crippen molar-refractivity contribution in [3.63, 3.8) is 0 Å². The Morgan fingerprint density at radius 1 is 1.10 bits per heavy atom. The molecule has 8 nitrogen and oxygen atoms in total. The zero-order chi connectivity index (χ0) is 21.7. The molecule has 0 saturated carbocycles. The van der Waals surface area contributed by atoms with Crippen molar-refractivity contribution < 1.29 is 17.7 Å². The van der Waals surface area contributed by atoms with Gasteiger partial charge in [0, 0.05) is 31.6 Å². The van der Waals surface area contributed by atoms with Crippen LogP contribution in [0.25, 0.3) is 10.7 Å². The Hall–Kier alpha value is -2.56. The molecule has 1 aliphatic heterocycles. The third kappa shape index (κ3) is 5.38. The fourth-order valence-electron chi connectivity index (χ4n) is 3.45. The number of aromatic nitrogens is 2. The van der Waals surface area contributed by atoms with Crippen LogP contribution in [0.15, 0.2) is 51.2 Å². The van der Waals surface area contributed by atoms with Crippen molar-refractivity contribution in [3.05, 3.63) is 47.7 Å². The molecule has 2 aromatic heterocycles. The van der Waals surface area contributed by atoms with E-state index in [0.29, 0.717) is 36.9 Å². The van der Waals surface area contributed by atoms with Gasteiger partial charge in [-0.15, -0.1) is 11.3 Å². The molecule has 0 radical (unpaired) electrons. The largest absolute Gasteiger partial charge is 0.339 e. The zero-order valence-corrected chi connectivity index (χ0v) is 18.6. The smallest absolute Gasteiger partial charge is 0.243 e. The minimum absolute atomic E-state index is 0.180. The van der Waals surface area contributed by atoms with Crippen molar-refractivity contribution in [2.45, 2.75) is 43.4 Å². The van der Waals surface area contributed by atoms with Crippen molar-refractivity contribution in [1.29, 1.82) is 0 Å². The van der Waals surface area contributed by atoms with Gasteiger partial charge in [-0.2, -0.15) is 9.29 Å². The van der Waals surface area contributed by atoms with Gasteiger partial charge in [0.1, 0.15) is 0 Å². The Balaban J connectivity index is 1.32. The number of rotatable bonds is 7. The van der Waals surface area contributed by atoms with Crippen molar-refractivity contribution in [1.82, 2.24) is 14.4 Å². The quantitative estimate of drug-likeness (QED) is 0.573. The predicted octanol–water partition coefficient (Wildman–Crippen LogP) is 3.93. The Morgan fingerprint density at radius 3 is 2.52 bits per heavy atom. The lowest BCUT2D eigenvalue weighted by molar-refractivity contribution is -0.116. The number of nitrogens with zero attached hydrogens (tertiary/aromatic N) is 3. The summed E-state index contributed by atoms with van der Waals surface area (Å²) in [5.74, 6) is 0.711. The fourth-order valence-corrected chi connectivity index (χ4v) is 5.61. The third-order valence-electron chi connectivity index (χ3n) is 5.12. The number of thiophene rings is 1. The highest BCUT2D eigenvalue weighted by atomic mass is 32.2. The van der Waals surface area contributed by atoms with Crippen LogP contribution in [0.4, 0.5) is 5.69 Å². The molecule has 10 heteroatoms. The van der Waals surface area contributed by atoms with Crippen LogP contribution in [0.1, 0.15) is 38.0 Å². The normalized spacial score (nSPS) is 15.5. The minimum Gasteiger partial charge on any atom is -0.339 e. The number of anilines is 1. The first-order valence-corrected chi connectivity index (χ1v) is 12.6. The molecule has 3 heterocycles. The van der Waals surface area contributed by atoms with Gasteiger partial charge in [-0.25, -0.2) is 8.42 Å². The van der Waals surface area contributed by atoms with Gasteiger partial charge in [0.25, 0.3) is 0 Å². The summed E-state index contributed by atoms with van der Waals surface area (Å²) in [5.41, 5.74) is 0.546. The highest BCUT2D eigenvalue weighted by Gasteiger charge is 2.25. The van der Waals surface area contributed by atoms with Crippen LogP contribution in [0.3, 0.4) is 0 Å². The van der Waals surface area contributed by atoms with E-state index in [-0.39, 0.29) is 17.2 Å². The van der Waals surface area contributed by atoms with E-state index in [1.54, 1.807) is 28.6 Å². The molecule has 31 heavy (non-hydrogen) atoms. The van der Waals surface area contributed by atoms with E-state index in [4.69, 9.17) is 4.52 Å². The molecular weight excluding hydrogens is 436 g/mol. The number of carbonyl (C=O) groups excluding carboxylic acids is 1. The van der Waals surface area contributed by atoms with Crippen LogP contribution < -0.4 is 5.32 Å². The second kappa shape index (κ2) is 9.71. The number of sulfonamides is 1. The van der Waals surface area contributed by atoms with Crippen LogP contribution in [-0.2, 0) is 21.2 Å². The topological polar surface area (TPSA) is 105 Å². The summed E-state index contributed by atoms with van der Waals surface area (Å²) in [5, 5.41) is 8.64. The number of hydrogen-bond acceptors (Lipinski definition) is 7. The van der Waals surface area contributed by atoms with Crippen LogP contribution in [0.2, 0.25) is 0 Å². The molecule has 4 rings (SSSR count). The molecule has 1 saturated heterocycles. The summed E-state index contributed by atoms with van der Waals surface area (Å²) in [6.45, 7) is 1.12. The van der Waals surface area contributed by atoms with Crippen molar-refractivity contribution in [2.75, 3.05) is 18.4 Å². The molecule has 0 atom stereocenters. The first-order chi connectivity index (χ1) is 15.0. The molecular formula is C21H24N4O4S2. The summed E-state index contributed by atoms with van der Waals surface area (Å²) in [6.07, 6.45) is 4.42. The summed E-state index contributed by atoms with van der Waals surface area (Å²) < 4.78 is 32.4. The van der Waals surface area contributed by atoms with E-state index >= 15 is 0 Å². The average Bonchev–Trinajstić information content (AvgIpc) is 3.39. The molecule has 1 aliphatic rings. The van der Waals surface area contributed by atoms with Crippen molar-refractivity contribution in [3.8, 4) is 10.7 Å². The molecule has 1 fully saturated rings. The van der Waals surface area contributed by atoms with Crippen LogP contribution in [0, 0.1) is 0 Å².